The molecular formula is C15H27N3. The average molecular weight is 249 g/mol. The Balaban J connectivity index is 1.78. The first-order valence-corrected chi connectivity index (χ1v) is 7.16. The summed E-state index contributed by atoms with van der Waals surface area (Å²) in [5.74, 6) is 2.02. The van der Waals surface area contributed by atoms with Gasteiger partial charge in [-0.3, -0.25) is 0 Å². The Bertz CT molecular complexity index is 381. The molecule has 1 saturated carbocycles. The minimum Gasteiger partial charge on any atom is -0.338 e. The first kappa shape index (κ1) is 13.6. The Morgan fingerprint density at radius 3 is 2.83 bits per heavy atom. The molecule has 18 heavy (non-hydrogen) atoms. The van der Waals surface area contributed by atoms with E-state index in [1.165, 1.54) is 25.1 Å². The zero-order valence-electron chi connectivity index (χ0n) is 12.2. The lowest BCUT2D eigenvalue weighted by atomic mass is 9.70. The number of aromatic nitrogens is 2. The Morgan fingerprint density at radius 2 is 2.22 bits per heavy atom. The Hall–Kier alpha value is -0.830. The summed E-state index contributed by atoms with van der Waals surface area (Å²) in [6.07, 6.45) is 8.91. The lowest BCUT2D eigenvalue weighted by Gasteiger charge is -2.39. The molecule has 0 saturated heterocycles. The van der Waals surface area contributed by atoms with E-state index in [1.54, 1.807) is 0 Å². The van der Waals surface area contributed by atoms with Crippen LogP contribution in [-0.4, -0.2) is 22.1 Å². The van der Waals surface area contributed by atoms with Gasteiger partial charge >= 0.3 is 0 Å². The molecule has 2 rings (SSSR count). The zero-order valence-corrected chi connectivity index (χ0v) is 12.2. The van der Waals surface area contributed by atoms with Crippen LogP contribution in [0.1, 0.15) is 45.9 Å². The van der Waals surface area contributed by atoms with Gasteiger partial charge in [0, 0.05) is 38.4 Å². The molecule has 3 heteroatoms. The molecule has 1 fully saturated rings. The molecule has 0 radical (unpaired) electrons. The van der Waals surface area contributed by atoms with E-state index in [0.29, 0.717) is 11.5 Å². The largest absolute Gasteiger partial charge is 0.338 e. The number of aryl methyl sites for hydroxylation is 1. The van der Waals surface area contributed by atoms with Crippen molar-refractivity contribution in [3.63, 3.8) is 0 Å². The van der Waals surface area contributed by atoms with E-state index in [2.05, 4.69) is 42.7 Å². The van der Waals surface area contributed by atoms with Crippen LogP contribution in [0.5, 0.6) is 0 Å². The molecular weight excluding hydrogens is 222 g/mol. The van der Waals surface area contributed by atoms with Gasteiger partial charge in [-0.25, -0.2) is 4.98 Å². The molecule has 1 aliphatic carbocycles. The second-order valence-electron chi connectivity index (χ2n) is 6.77. The van der Waals surface area contributed by atoms with E-state index in [1.807, 2.05) is 12.4 Å². The highest BCUT2D eigenvalue weighted by Gasteiger charge is 2.31. The molecule has 2 atom stereocenters. The van der Waals surface area contributed by atoms with Crippen molar-refractivity contribution < 1.29 is 0 Å². The maximum atomic E-state index is 4.36. The van der Waals surface area contributed by atoms with Gasteiger partial charge in [-0.2, -0.15) is 0 Å². The normalized spacial score (nSPS) is 27.3. The predicted octanol–water partition coefficient (Wildman–Crippen LogP) is 2.77. The van der Waals surface area contributed by atoms with Gasteiger partial charge in [0.2, 0.25) is 0 Å². The van der Waals surface area contributed by atoms with Crippen LogP contribution < -0.4 is 5.32 Å². The number of nitrogens with zero attached hydrogens (tertiary/aromatic N) is 2. The van der Waals surface area contributed by atoms with Crippen molar-refractivity contribution in [1.82, 2.24) is 14.9 Å². The lowest BCUT2D eigenvalue weighted by Crippen LogP contribution is -2.41. The summed E-state index contributed by atoms with van der Waals surface area (Å²) in [6.45, 7) is 8.22. The maximum Gasteiger partial charge on any atom is 0.109 e. The third kappa shape index (κ3) is 3.58. The summed E-state index contributed by atoms with van der Waals surface area (Å²) in [4.78, 5) is 4.36. The number of rotatable bonds is 4. The summed E-state index contributed by atoms with van der Waals surface area (Å²) in [6, 6.07) is 0.684. The smallest absolute Gasteiger partial charge is 0.109 e. The lowest BCUT2D eigenvalue weighted by molar-refractivity contribution is 0.152. The average Bonchev–Trinajstić information content (AvgIpc) is 2.61. The van der Waals surface area contributed by atoms with Crippen LogP contribution in [-0.2, 0) is 13.5 Å². The molecule has 1 aromatic heterocycles. The van der Waals surface area contributed by atoms with Crippen molar-refractivity contribution in [2.45, 2.75) is 52.5 Å². The fraction of sp³-hybridized carbons (Fsp3) is 0.800. The third-order valence-corrected chi connectivity index (χ3v) is 4.09. The zero-order chi connectivity index (χ0) is 13.2. The van der Waals surface area contributed by atoms with Gasteiger partial charge in [-0.05, 0) is 30.6 Å². The number of nitrogens with one attached hydrogen (secondary N) is 1. The molecule has 1 aliphatic rings. The Labute approximate surface area is 111 Å². The standard InChI is InChI=1S/C15H27N3/c1-12-9-13(11-15(2,3)10-12)16-6-5-14-17-7-8-18(14)4/h7-8,12-13,16H,5-6,9-11H2,1-4H3. The Morgan fingerprint density at radius 1 is 1.44 bits per heavy atom. The van der Waals surface area contributed by atoms with Gasteiger partial charge in [0.1, 0.15) is 5.82 Å². The maximum absolute atomic E-state index is 4.36. The predicted molar refractivity (Wildman–Crippen MR) is 75.5 cm³/mol. The fourth-order valence-electron chi connectivity index (χ4n) is 3.53. The minimum atomic E-state index is 0.499. The summed E-state index contributed by atoms with van der Waals surface area (Å²) < 4.78 is 2.11. The van der Waals surface area contributed by atoms with E-state index in [9.17, 15) is 0 Å². The van der Waals surface area contributed by atoms with Crippen LogP contribution in [0.4, 0.5) is 0 Å². The highest BCUT2D eigenvalue weighted by molar-refractivity contribution is 4.92. The third-order valence-electron chi connectivity index (χ3n) is 4.09. The monoisotopic (exact) mass is 249 g/mol. The van der Waals surface area contributed by atoms with Crippen LogP contribution in [0.2, 0.25) is 0 Å². The first-order valence-electron chi connectivity index (χ1n) is 7.16. The van der Waals surface area contributed by atoms with Crippen molar-refractivity contribution in [2.24, 2.45) is 18.4 Å². The minimum absolute atomic E-state index is 0.499. The highest BCUT2D eigenvalue weighted by Crippen LogP contribution is 2.38. The molecule has 0 amide bonds. The van der Waals surface area contributed by atoms with Crippen LogP contribution in [0, 0.1) is 11.3 Å². The van der Waals surface area contributed by atoms with E-state index >= 15 is 0 Å². The van der Waals surface area contributed by atoms with Crippen molar-refractivity contribution in [2.75, 3.05) is 6.54 Å². The number of hydrogen-bond acceptors (Lipinski definition) is 2. The van der Waals surface area contributed by atoms with Crippen LogP contribution in [0.25, 0.3) is 0 Å². The number of hydrogen-bond donors (Lipinski definition) is 1. The second-order valence-corrected chi connectivity index (χ2v) is 6.77. The van der Waals surface area contributed by atoms with Crippen molar-refractivity contribution >= 4 is 0 Å². The summed E-state index contributed by atoms with van der Waals surface area (Å²) in [7, 11) is 2.06. The molecule has 1 heterocycles. The first-order chi connectivity index (χ1) is 8.46. The van der Waals surface area contributed by atoms with Crippen LogP contribution >= 0.6 is 0 Å². The molecule has 0 spiro atoms. The fourth-order valence-corrected chi connectivity index (χ4v) is 3.53. The molecule has 1 aromatic rings. The molecule has 1 N–H and O–H groups in total. The quantitative estimate of drug-likeness (QED) is 0.889. The Kier molecular flexibility index (Phi) is 4.10. The van der Waals surface area contributed by atoms with Crippen molar-refractivity contribution in [1.29, 1.82) is 0 Å². The molecule has 102 valence electrons. The van der Waals surface area contributed by atoms with Gasteiger partial charge in [0.15, 0.2) is 0 Å². The van der Waals surface area contributed by atoms with Crippen molar-refractivity contribution in [3.8, 4) is 0 Å². The summed E-state index contributed by atoms with van der Waals surface area (Å²) in [5.41, 5.74) is 0.499. The van der Waals surface area contributed by atoms with E-state index < -0.39 is 0 Å². The van der Waals surface area contributed by atoms with Gasteiger partial charge in [-0.1, -0.05) is 20.8 Å². The van der Waals surface area contributed by atoms with E-state index in [4.69, 9.17) is 0 Å². The van der Waals surface area contributed by atoms with Crippen LogP contribution in [0.3, 0.4) is 0 Å². The van der Waals surface area contributed by atoms with Gasteiger partial charge in [-0.15, -0.1) is 0 Å². The molecule has 2 unspecified atom stereocenters. The van der Waals surface area contributed by atoms with Gasteiger partial charge < -0.3 is 9.88 Å². The molecule has 0 aromatic carbocycles. The molecule has 0 bridgehead atoms. The second kappa shape index (κ2) is 5.43. The van der Waals surface area contributed by atoms with Gasteiger partial charge in [0.05, 0.1) is 0 Å². The van der Waals surface area contributed by atoms with Crippen molar-refractivity contribution in [3.05, 3.63) is 18.2 Å². The summed E-state index contributed by atoms with van der Waals surface area (Å²) >= 11 is 0. The molecule has 3 nitrogen and oxygen atoms in total. The summed E-state index contributed by atoms with van der Waals surface area (Å²) in [5, 5.41) is 3.72. The van der Waals surface area contributed by atoms with E-state index in [0.717, 1.165) is 18.9 Å². The number of imidazole rings is 1. The highest BCUT2D eigenvalue weighted by atomic mass is 15.0. The van der Waals surface area contributed by atoms with E-state index in [-0.39, 0.29) is 0 Å². The molecule has 0 aliphatic heterocycles. The SMILES string of the molecule is CC1CC(NCCc2nccn2C)CC(C)(C)C1. The van der Waals surface area contributed by atoms with Crippen LogP contribution in [0.15, 0.2) is 12.4 Å². The van der Waals surface area contributed by atoms with Gasteiger partial charge in [0.25, 0.3) is 0 Å². The topological polar surface area (TPSA) is 29.9 Å².